The minimum Gasteiger partial charge on any atom is -0.348 e. The van der Waals surface area contributed by atoms with Gasteiger partial charge in [-0.2, -0.15) is 0 Å². The first-order chi connectivity index (χ1) is 14.2. The van der Waals surface area contributed by atoms with Crippen LogP contribution in [-0.2, 0) is 9.47 Å². The van der Waals surface area contributed by atoms with Crippen molar-refractivity contribution in [2.24, 2.45) is 17.8 Å². The van der Waals surface area contributed by atoms with E-state index < -0.39 is 0 Å². The summed E-state index contributed by atoms with van der Waals surface area (Å²) in [5, 5.41) is 0.759. The maximum atomic E-state index is 6.13. The second-order valence-corrected chi connectivity index (χ2v) is 8.97. The van der Waals surface area contributed by atoms with E-state index in [1.165, 1.54) is 37.7 Å². The van der Waals surface area contributed by atoms with Gasteiger partial charge in [-0.3, -0.25) is 0 Å². The maximum Gasteiger partial charge on any atom is 0.183 e. The van der Waals surface area contributed by atoms with Crippen molar-refractivity contribution in [3.05, 3.63) is 71.8 Å². The van der Waals surface area contributed by atoms with Crippen LogP contribution in [0, 0.1) is 17.8 Å². The van der Waals surface area contributed by atoms with Crippen molar-refractivity contribution in [3.8, 4) is 11.1 Å². The Labute approximate surface area is 179 Å². The summed E-state index contributed by atoms with van der Waals surface area (Å²) in [7, 11) is 0. The standard InChI is InChI=1S/C26H31ClO2/c1-2-3-4-19-5-7-22(8-6-19)24-17-28-26(29-18-24)23-11-9-20(10-12-23)21-13-15-25(27)16-14-21/h2,9-16,19,22,24,26H,1,3-8,17-18H2/t19-,22-,24-,26-. The van der Waals surface area contributed by atoms with Crippen LogP contribution in [-0.4, -0.2) is 13.2 Å². The van der Waals surface area contributed by atoms with Gasteiger partial charge in [0.25, 0.3) is 0 Å². The molecule has 2 aromatic rings. The van der Waals surface area contributed by atoms with Crippen molar-refractivity contribution in [2.45, 2.75) is 44.8 Å². The van der Waals surface area contributed by atoms with E-state index in [4.69, 9.17) is 21.1 Å². The minimum absolute atomic E-state index is 0.241. The van der Waals surface area contributed by atoms with E-state index >= 15 is 0 Å². The molecule has 2 fully saturated rings. The van der Waals surface area contributed by atoms with Crippen LogP contribution < -0.4 is 0 Å². The molecule has 0 unspecified atom stereocenters. The van der Waals surface area contributed by atoms with E-state index in [0.29, 0.717) is 5.92 Å². The van der Waals surface area contributed by atoms with Gasteiger partial charge in [-0.25, -0.2) is 0 Å². The maximum absolute atomic E-state index is 6.13. The van der Waals surface area contributed by atoms with E-state index in [9.17, 15) is 0 Å². The summed E-state index contributed by atoms with van der Waals surface area (Å²) in [5.41, 5.74) is 3.43. The molecule has 3 heteroatoms. The fraction of sp³-hybridized carbons (Fsp3) is 0.462. The average molecular weight is 411 g/mol. The molecule has 1 aliphatic heterocycles. The third kappa shape index (κ3) is 5.31. The molecule has 0 aromatic heterocycles. The first kappa shape index (κ1) is 20.7. The van der Waals surface area contributed by atoms with Crippen LogP contribution in [0.2, 0.25) is 5.02 Å². The SMILES string of the molecule is C=CCC[C@H]1CC[C@H]([C@H]2CO[C@H](c3ccc(-c4ccc(Cl)cc4)cc3)OC2)CC1. The third-order valence-corrected chi connectivity index (χ3v) is 6.87. The molecule has 2 aliphatic rings. The Bertz CT molecular complexity index is 767. The van der Waals surface area contributed by atoms with E-state index in [1.54, 1.807) is 0 Å². The fourth-order valence-electron chi connectivity index (χ4n) is 4.76. The molecule has 2 aromatic carbocycles. The van der Waals surface area contributed by atoms with Crippen LogP contribution in [0.3, 0.4) is 0 Å². The Hall–Kier alpha value is -1.61. The van der Waals surface area contributed by atoms with Crippen LogP contribution in [0.4, 0.5) is 0 Å². The molecule has 1 saturated heterocycles. The van der Waals surface area contributed by atoms with Crippen LogP contribution in [0.25, 0.3) is 11.1 Å². The number of hydrogen-bond acceptors (Lipinski definition) is 2. The molecular weight excluding hydrogens is 380 g/mol. The summed E-state index contributed by atoms with van der Waals surface area (Å²) in [6, 6.07) is 16.4. The Kier molecular flexibility index (Phi) is 7.07. The molecule has 0 amide bonds. The van der Waals surface area contributed by atoms with Gasteiger partial charge in [0.15, 0.2) is 6.29 Å². The number of allylic oxidation sites excluding steroid dienone is 1. The van der Waals surface area contributed by atoms with Gasteiger partial charge in [-0.05, 0) is 60.8 Å². The monoisotopic (exact) mass is 410 g/mol. The Morgan fingerprint density at radius 3 is 2.00 bits per heavy atom. The number of hydrogen-bond donors (Lipinski definition) is 0. The van der Waals surface area contributed by atoms with E-state index in [2.05, 4.69) is 36.9 Å². The zero-order valence-electron chi connectivity index (χ0n) is 17.1. The van der Waals surface area contributed by atoms with Crippen molar-refractivity contribution in [1.29, 1.82) is 0 Å². The van der Waals surface area contributed by atoms with Gasteiger partial charge in [0.2, 0.25) is 0 Å². The van der Waals surface area contributed by atoms with Crippen LogP contribution >= 0.6 is 11.6 Å². The van der Waals surface area contributed by atoms with Gasteiger partial charge in [0, 0.05) is 16.5 Å². The van der Waals surface area contributed by atoms with Crippen molar-refractivity contribution < 1.29 is 9.47 Å². The average Bonchev–Trinajstić information content (AvgIpc) is 2.79. The molecule has 154 valence electrons. The topological polar surface area (TPSA) is 18.5 Å². The molecule has 2 nitrogen and oxygen atoms in total. The van der Waals surface area contributed by atoms with Gasteiger partial charge in [0.1, 0.15) is 0 Å². The quantitative estimate of drug-likeness (QED) is 0.460. The lowest BCUT2D eigenvalue weighted by atomic mass is 9.75. The number of benzene rings is 2. The van der Waals surface area contributed by atoms with Gasteiger partial charge in [-0.15, -0.1) is 6.58 Å². The molecular formula is C26H31ClO2. The Morgan fingerprint density at radius 2 is 1.41 bits per heavy atom. The van der Waals surface area contributed by atoms with Crippen molar-refractivity contribution >= 4 is 11.6 Å². The number of ether oxygens (including phenoxy) is 2. The predicted octanol–water partition coefficient (Wildman–Crippen LogP) is 7.44. The number of halogens is 1. The predicted molar refractivity (Wildman–Crippen MR) is 120 cm³/mol. The molecule has 0 radical (unpaired) electrons. The van der Waals surface area contributed by atoms with Crippen molar-refractivity contribution in [2.75, 3.05) is 13.2 Å². The van der Waals surface area contributed by atoms with E-state index in [1.807, 2.05) is 24.3 Å². The van der Waals surface area contributed by atoms with Gasteiger partial charge < -0.3 is 9.47 Å². The zero-order valence-corrected chi connectivity index (χ0v) is 17.8. The lowest BCUT2D eigenvalue weighted by Crippen LogP contribution is -2.34. The fourth-order valence-corrected chi connectivity index (χ4v) is 4.89. The molecule has 1 aliphatic carbocycles. The highest BCUT2D eigenvalue weighted by Gasteiger charge is 2.32. The second-order valence-electron chi connectivity index (χ2n) is 8.53. The largest absolute Gasteiger partial charge is 0.348 e. The smallest absolute Gasteiger partial charge is 0.183 e. The third-order valence-electron chi connectivity index (χ3n) is 6.62. The summed E-state index contributed by atoms with van der Waals surface area (Å²) < 4.78 is 12.3. The summed E-state index contributed by atoms with van der Waals surface area (Å²) in [6.45, 7) is 5.47. The lowest BCUT2D eigenvalue weighted by molar-refractivity contribution is -0.214. The van der Waals surface area contributed by atoms with Crippen LogP contribution in [0.5, 0.6) is 0 Å². The molecule has 0 spiro atoms. The first-order valence-electron chi connectivity index (χ1n) is 10.9. The molecule has 4 rings (SSSR count). The highest BCUT2D eigenvalue weighted by molar-refractivity contribution is 6.30. The zero-order chi connectivity index (χ0) is 20.1. The summed E-state index contributed by atoms with van der Waals surface area (Å²) in [6.07, 6.45) is 9.62. The van der Waals surface area contributed by atoms with Crippen molar-refractivity contribution in [1.82, 2.24) is 0 Å². The number of rotatable bonds is 6. The van der Waals surface area contributed by atoms with Gasteiger partial charge in [0.05, 0.1) is 13.2 Å². The molecule has 1 heterocycles. The summed E-state index contributed by atoms with van der Waals surface area (Å²) >= 11 is 5.98. The van der Waals surface area contributed by atoms with Gasteiger partial charge >= 0.3 is 0 Å². The molecule has 29 heavy (non-hydrogen) atoms. The van der Waals surface area contributed by atoms with Crippen LogP contribution in [0.1, 0.15) is 50.4 Å². The Morgan fingerprint density at radius 1 is 0.828 bits per heavy atom. The highest BCUT2D eigenvalue weighted by atomic mass is 35.5. The molecule has 1 saturated carbocycles. The summed E-state index contributed by atoms with van der Waals surface area (Å²) in [4.78, 5) is 0. The molecule has 0 N–H and O–H groups in total. The first-order valence-corrected chi connectivity index (χ1v) is 11.3. The highest BCUT2D eigenvalue weighted by Crippen LogP contribution is 2.38. The molecule has 0 atom stereocenters. The Balaban J connectivity index is 1.27. The van der Waals surface area contributed by atoms with Crippen LogP contribution in [0.15, 0.2) is 61.2 Å². The molecule has 0 bridgehead atoms. The summed E-state index contributed by atoms with van der Waals surface area (Å²) in [5.74, 6) is 2.18. The second kappa shape index (κ2) is 9.93. The van der Waals surface area contributed by atoms with Gasteiger partial charge in [-0.1, -0.05) is 66.9 Å². The van der Waals surface area contributed by atoms with E-state index in [0.717, 1.165) is 47.6 Å². The normalized spacial score (nSPS) is 27.5. The van der Waals surface area contributed by atoms with E-state index in [-0.39, 0.29) is 6.29 Å². The minimum atomic E-state index is -0.241. The lowest BCUT2D eigenvalue weighted by Gasteiger charge is -2.37. The van der Waals surface area contributed by atoms with Crippen molar-refractivity contribution in [3.63, 3.8) is 0 Å².